The highest BCUT2D eigenvalue weighted by Crippen LogP contribution is 2.31. The molecule has 3 aromatic rings. The van der Waals surface area contributed by atoms with Crippen molar-refractivity contribution in [2.24, 2.45) is 0 Å². The largest absolute Gasteiger partial charge is 0.416 e. The normalized spacial score (nSPS) is 11.5. The fourth-order valence-electron chi connectivity index (χ4n) is 2.47. The number of carbonyl (C=O) groups excluding carboxylic acids is 1. The molecule has 3 rings (SSSR count). The van der Waals surface area contributed by atoms with Crippen molar-refractivity contribution in [3.8, 4) is 5.69 Å². The van der Waals surface area contributed by atoms with Gasteiger partial charge in [0.2, 0.25) is 5.91 Å². The maximum atomic E-state index is 14.2. The molecule has 0 fully saturated rings. The molecule has 0 bridgehead atoms. The van der Waals surface area contributed by atoms with E-state index in [4.69, 9.17) is 0 Å². The van der Waals surface area contributed by atoms with Crippen molar-refractivity contribution in [1.29, 1.82) is 0 Å². The lowest BCUT2D eigenvalue weighted by atomic mass is 10.2. The number of carbonyl (C=O) groups is 1. The van der Waals surface area contributed by atoms with Gasteiger partial charge >= 0.3 is 6.18 Å². The second-order valence-corrected chi connectivity index (χ2v) is 5.31. The highest BCUT2D eigenvalue weighted by Gasteiger charge is 2.30. The number of amides is 1. The van der Waals surface area contributed by atoms with Crippen molar-refractivity contribution in [2.75, 3.05) is 5.32 Å². The van der Waals surface area contributed by atoms with E-state index >= 15 is 0 Å². The van der Waals surface area contributed by atoms with Crippen molar-refractivity contribution >= 4 is 22.5 Å². The molecular formula is C18H12F4N2O. The van der Waals surface area contributed by atoms with Crippen molar-refractivity contribution in [2.45, 2.75) is 6.18 Å². The van der Waals surface area contributed by atoms with E-state index in [2.05, 4.69) is 11.9 Å². The van der Waals surface area contributed by atoms with Gasteiger partial charge < -0.3 is 9.88 Å². The first kappa shape index (κ1) is 16.8. The Bertz CT molecular complexity index is 956. The Kier molecular flexibility index (Phi) is 4.08. The van der Waals surface area contributed by atoms with Gasteiger partial charge in [-0.25, -0.2) is 4.39 Å². The van der Waals surface area contributed by atoms with Crippen LogP contribution in [0.2, 0.25) is 0 Å². The van der Waals surface area contributed by atoms with E-state index in [0.29, 0.717) is 16.6 Å². The van der Waals surface area contributed by atoms with Crippen LogP contribution in [-0.4, -0.2) is 10.5 Å². The molecule has 0 saturated heterocycles. The van der Waals surface area contributed by atoms with E-state index in [-0.39, 0.29) is 5.69 Å². The van der Waals surface area contributed by atoms with Crippen LogP contribution in [0.3, 0.4) is 0 Å². The zero-order chi connectivity index (χ0) is 18.2. The maximum Gasteiger partial charge on any atom is 0.416 e. The monoisotopic (exact) mass is 348 g/mol. The summed E-state index contributed by atoms with van der Waals surface area (Å²) < 4.78 is 53.7. The van der Waals surface area contributed by atoms with Crippen LogP contribution in [0.4, 0.5) is 23.2 Å². The molecule has 0 unspecified atom stereocenters. The fraction of sp³-hybridized carbons (Fsp3) is 0.0556. The smallest absolute Gasteiger partial charge is 0.320 e. The summed E-state index contributed by atoms with van der Waals surface area (Å²) in [5, 5.41) is 2.98. The third kappa shape index (κ3) is 3.26. The van der Waals surface area contributed by atoms with Gasteiger partial charge in [0, 0.05) is 23.3 Å². The first-order valence-corrected chi connectivity index (χ1v) is 7.21. The average molecular weight is 348 g/mol. The highest BCUT2D eigenvalue weighted by molar-refractivity contribution is 6.00. The highest BCUT2D eigenvalue weighted by atomic mass is 19.4. The summed E-state index contributed by atoms with van der Waals surface area (Å²) in [5.41, 5.74) is 0.176. The van der Waals surface area contributed by atoms with E-state index in [9.17, 15) is 22.4 Å². The fourth-order valence-corrected chi connectivity index (χ4v) is 2.47. The van der Waals surface area contributed by atoms with E-state index in [1.807, 2.05) is 0 Å². The number of anilines is 1. The lowest BCUT2D eigenvalue weighted by Gasteiger charge is -2.10. The summed E-state index contributed by atoms with van der Waals surface area (Å²) in [7, 11) is 0. The number of aromatic nitrogens is 1. The number of hydrogen-bond acceptors (Lipinski definition) is 1. The topological polar surface area (TPSA) is 34.0 Å². The maximum absolute atomic E-state index is 14.2. The molecule has 1 heterocycles. The van der Waals surface area contributed by atoms with Crippen molar-refractivity contribution in [1.82, 2.24) is 4.57 Å². The number of halogens is 4. The Labute approximate surface area is 140 Å². The number of rotatable bonds is 3. The van der Waals surface area contributed by atoms with Crippen molar-refractivity contribution < 1.29 is 22.4 Å². The Morgan fingerprint density at radius 2 is 1.80 bits per heavy atom. The third-order valence-corrected chi connectivity index (χ3v) is 3.70. The Hall–Kier alpha value is -3.09. The predicted octanol–water partition coefficient (Wildman–Crippen LogP) is 4.91. The number of benzene rings is 2. The molecule has 2 aromatic carbocycles. The Balaban J connectivity index is 2.02. The second-order valence-electron chi connectivity index (χ2n) is 5.31. The summed E-state index contributed by atoms with van der Waals surface area (Å²) >= 11 is 0. The summed E-state index contributed by atoms with van der Waals surface area (Å²) in [5.74, 6) is -1.20. The van der Waals surface area contributed by atoms with E-state index < -0.39 is 23.5 Å². The molecule has 0 radical (unpaired) electrons. The number of alkyl halides is 3. The average Bonchev–Trinajstić information content (AvgIpc) is 2.97. The third-order valence-electron chi connectivity index (χ3n) is 3.70. The van der Waals surface area contributed by atoms with Crippen molar-refractivity contribution in [3.63, 3.8) is 0 Å². The van der Waals surface area contributed by atoms with Crippen molar-refractivity contribution in [3.05, 3.63) is 72.7 Å². The lowest BCUT2D eigenvalue weighted by molar-refractivity contribution is -0.137. The molecular weight excluding hydrogens is 336 g/mol. The van der Waals surface area contributed by atoms with Gasteiger partial charge in [0.15, 0.2) is 0 Å². The van der Waals surface area contributed by atoms with Crippen LogP contribution in [0.25, 0.3) is 16.6 Å². The van der Waals surface area contributed by atoms with E-state index in [1.165, 1.54) is 24.3 Å². The van der Waals surface area contributed by atoms with Crippen LogP contribution in [0.1, 0.15) is 5.56 Å². The Morgan fingerprint density at radius 3 is 2.40 bits per heavy atom. The second kappa shape index (κ2) is 6.08. The van der Waals surface area contributed by atoms with Gasteiger partial charge in [-0.2, -0.15) is 13.2 Å². The Morgan fingerprint density at radius 1 is 1.12 bits per heavy atom. The molecule has 1 aromatic heterocycles. The summed E-state index contributed by atoms with van der Waals surface area (Å²) in [6, 6.07) is 8.90. The molecule has 0 aliphatic carbocycles. The summed E-state index contributed by atoms with van der Waals surface area (Å²) in [6.45, 7) is 3.30. The van der Waals surface area contributed by atoms with Gasteiger partial charge in [0.25, 0.3) is 0 Å². The van der Waals surface area contributed by atoms with Gasteiger partial charge in [-0.15, -0.1) is 0 Å². The zero-order valence-corrected chi connectivity index (χ0v) is 12.8. The minimum atomic E-state index is -4.42. The molecule has 7 heteroatoms. The standard InChI is InChI=1S/C18H12F4N2O/c1-2-17(25)23-15-9-11-7-8-24(16(11)10-14(15)19)13-5-3-12(4-6-13)18(20,21)22/h2-10H,1H2,(H,23,25). The number of fused-ring (bicyclic) bond motifs is 1. The van der Waals surface area contributed by atoms with E-state index in [1.54, 1.807) is 16.8 Å². The molecule has 1 amide bonds. The quantitative estimate of drug-likeness (QED) is 0.529. The number of nitrogens with one attached hydrogen (secondary N) is 1. The summed E-state index contributed by atoms with van der Waals surface area (Å²) in [4.78, 5) is 11.3. The SMILES string of the molecule is C=CC(=O)Nc1cc2ccn(-c3ccc(C(F)(F)F)cc3)c2cc1F. The zero-order valence-electron chi connectivity index (χ0n) is 12.8. The predicted molar refractivity (Wildman–Crippen MR) is 87.1 cm³/mol. The van der Waals surface area contributed by atoms with Gasteiger partial charge in [0.1, 0.15) is 5.82 Å². The van der Waals surface area contributed by atoms with E-state index in [0.717, 1.165) is 18.2 Å². The van der Waals surface area contributed by atoms with Gasteiger partial charge in [-0.3, -0.25) is 4.79 Å². The number of hydrogen-bond donors (Lipinski definition) is 1. The van der Waals surface area contributed by atoms with Crippen LogP contribution in [0.5, 0.6) is 0 Å². The molecule has 0 aliphatic heterocycles. The molecule has 3 nitrogen and oxygen atoms in total. The molecule has 25 heavy (non-hydrogen) atoms. The first-order valence-electron chi connectivity index (χ1n) is 7.21. The van der Waals surface area contributed by atoms with Crippen LogP contribution in [-0.2, 0) is 11.0 Å². The number of nitrogens with zero attached hydrogens (tertiary/aromatic N) is 1. The van der Waals surface area contributed by atoms with Gasteiger partial charge in [-0.05, 0) is 42.5 Å². The lowest BCUT2D eigenvalue weighted by Crippen LogP contribution is -2.08. The molecule has 1 N–H and O–H groups in total. The first-order chi connectivity index (χ1) is 11.8. The van der Waals surface area contributed by atoms with Crippen LogP contribution in [0.15, 0.2) is 61.3 Å². The molecule has 0 saturated carbocycles. The molecule has 0 aliphatic rings. The van der Waals surface area contributed by atoms with Crippen LogP contribution in [0, 0.1) is 5.82 Å². The minimum absolute atomic E-state index is 0.00238. The molecule has 0 atom stereocenters. The van der Waals surface area contributed by atoms with Gasteiger partial charge in [0.05, 0.1) is 16.8 Å². The van der Waals surface area contributed by atoms with Crippen LogP contribution >= 0.6 is 0 Å². The molecule has 0 spiro atoms. The van der Waals surface area contributed by atoms with Crippen LogP contribution < -0.4 is 5.32 Å². The van der Waals surface area contributed by atoms with Gasteiger partial charge in [-0.1, -0.05) is 6.58 Å². The molecule has 128 valence electrons. The summed E-state index contributed by atoms with van der Waals surface area (Å²) in [6.07, 6.45) is -1.77. The minimum Gasteiger partial charge on any atom is -0.320 e.